The molecule has 2 heterocycles. The first-order valence-corrected chi connectivity index (χ1v) is 9.16. The number of rotatable bonds is 5. The van der Waals surface area contributed by atoms with Gasteiger partial charge in [-0.15, -0.1) is 0 Å². The molecule has 2 nitrogen and oxygen atoms in total. The van der Waals surface area contributed by atoms with E-state index in [9.17, 15) is 0 Å². The Morgan fingerprint density at radius 1 is 1.37 bits per heavy atom. The Balaban J connectivity index is 1.87. The van der Waals surface area contributed by atoms with Gasteiger partial charge in [0.05, 0.1) is 0 Å². The summed E-state index contributed by atoms with van der Waals surface area (Å²) in [5.41, 5.74) is 0. The SMILES string of the molecule is CCCNC1CCN(CC2(C)CCCS2)C(C)C1C. The van der Waals surface area contributed by atoms with Crippen molar-refractivity contribution in [2.45, 2.75) is 70.2 Å². The van der Waals surface area contributed by atoms with Crippen molar-refractivity contribution < 1.29 is 0 Å². The van der Waals surface area contributed by atoms with Crippen LogP contribution in [-0.4, -0.2) is 47.1 Å². The molecule has 0 radical (unpaired) electrons. The van der Waals surface area contributed by atoms with E-state index in [2.05, 4.69) is 49.7 Å². The monoisotopic (exact) mass is 284 g/mol. The van der Waals surface area contributed by atoms with Crippen molar-refractivity contribution in [1.29, 1.82) is 0 Å². The second-order valence-corrected chi connectivity index (χ2v) is 8.50. The van der Waals surface area contributed by atoms with Crippen LogP contribution in [0.2, 0.25) is 0 Å². The standard InChI is InChI=1S/C16H32N2S/c1-5-9-17-15-7-10-18(14(3)13(15)2)12-16(4)8-6-11-19-16/h13-15,17H,5-12H2,1-4H3. The Labute approximate surface area is 124 Å². The molecule has 0 aromatic rings. The predicted molar refractivity (Wildman–Crippen MR) is 87.0 cm³/mol. The van der Waals surface area contributed by atoms with E-state index in [-0.39, 0.29) is 0 Å². The fourth-order valence-corrected chi connectivity index (χ4v) is 5.00. The molecule has 2 aliphatic rings. The smallest absolute Gasteiger partial charge is 0.0259 e. The Hall–Kier alpha value is 0.270. The first-order valence-electron chi connectivity index (χ1n) is 8.17. The molecule has 2 fully saturated rings. The Morgan fingerprint density at radius 2 is 2.16 bits per heavy atom. The molecule has 1 N–H and O–H groups in total. The van der Waals surface area contributed by atoms with E-state index in [0.717, 1.165) is 18.0 Å². The first kappa shape index (κ1) is 15.7. The number of likely N-dealkylation sites (tertiary alicyclic amines) is 1. The minimum atomic E-state index is 0.525. The maximum absolute atomic E-state index is 3.74. The Morgan fingerprint density at radius 3 is 2.79 bits per heavy atom. The molecule has 2 saturated heterocycles. The van der Waals surface area contributed by atoms with Gasteiger partial charge in [-0.05, 0) is 64.3 Å². The number of piperidine rings is 1. The molecule has 0 aromatic heterocycles. The number of hydrogen-bond acceptors (Lipinski definition) is 3. The van der Waals surface area contributed by atoms with Gasteiger partial charge in [0, 0.05) is 23.4 Å². The average Bonchev–Trinajstić information content (AvgIpc) is 2.81. The largest absolute Gasteiger partial charge is 0.314 e. The Bertz CT molecular complexity index is 276. The van der Waals surface area contributed by atoms with E-state index in [1.807, 2.05) is 0 Å². The summed E-state index contributed by atoms with van der Waals surface area (Å²) in [5, 5.41) is 3.74. The molecule has 2 rings (SSSR count). The highest BCUT2D eigenvalue weighted by Crippen LogP contribution is 2.39. The highest BCUT2D eigenvalue weighted by Gasteiger charge is 2.37. The Kier molecular flexibility index (Phi) is 5.62. The van der Waals surface area contributed by atoms with Crippen LogP contribution in [0, 0.1) is 5.92 Å². The molecule has 112 valence electrons. The van der Waals surface area contributed by atoms with Gasteiger partial charge in [-0.25, -0.2) is 0 Å². The van der Waals surface area contributed by atoms with Crippen molar-refractivity contribution in [2.75, 3.05) is 25.4 Å². The topological polar surface area (TPSA) is 15.3 Å². The minimum absolute atomic E-state index is 0.525. The predicted octanol–water partition coefficient (Wildman–Crippen LogP) is 3.37. The van der Waals surface area contributed by atoms with E-state index in [4.69, 9.17) is 0 Å². The molecule has 4 atom stereocenters. The molecule has 0 bridgehead atoms. The molecule has 4 unspecified atom stereocenters. The van der Waals surface area contributed by atoms with E-state index in [0.29, 0.717) is 4.75 Å². The molecule has 0 aliphatic carbocycles. The van der Waals surface area contributed by atoms with E-state index < -0.39 is 0 Å². The number of nitrogens with zero attached hydrogens (tertiary/aromatic N) is 1. The lowest BCUT2D eigenvalue weighted by molar-refractivity contribution is 0.0770. The van der Waals surface area contributed by atoms with E-state index in [1.165, 1.54) is 51.1 Å². The lowest BCUT2D eigenvalue weighted by Crippen LogP contribution is -2.55. The molecule has 0 spiro atoms. The summed E-state index contributed by atoms with van der Waals surface area (Å²) in [7, 11) is 0. The van der Waals surface area contributed by atoms with Gasteiger partial charge in [-0.2, -0.15) is 11.8 Å². The summed E-state index contributed by atoms with van der Waals surface area (Å²) in [5.74, 6) is 2.14. The maximum Gasteiger partial charge on any atom is 0.0259 e. The number of thioether (sulfide) groups is 1. The summed E-state index contributed by atoms with van der Waals surface area (Å²) in [6, 6.07) is 1.45. The van der Waals surface area contributed by atoms with Crippen molar-refractivity contribution in [2.24, 2.45) is 5.92 Å². The minimum Gasteiger partial charge on any atom is -0.314 e. The van der Waals surface area contributed by atoms with Crippen LogP contribution in [0.5, 0.6) is 0 Å². The summed E-state index contributed by atoms with van der Waals surface area (Å²) in [6.07, 6.45) is 5.40. The van der Waals surface area contributed by atoms with Crippen LogP contribution in [0.25, 0.3) is 0 Å². The van der Waals surface area contributed by atoms with Gasteiger partial charge < -0.3 is 5.32 Å². The van der Waals surface area contributed by atoms with Crippen molar-refractivity contribution >= 4 is 11.8 Å². The highest BCUT2D eigenvalue weighted by molar-refractivity contribution is 8.00. The lowest BCUT2D eigenvalue weighted by atomic mass is 9.86. The van der Waals surface area contributed by atoms with Crippen molar-refractivity contribution in [3.63, 3.8) is 0 Å². The van der Waals surface area contributed by atoms with Gasteiger partial charge in [0.2, 0.25) is 0 Å². The molecule has 2 aliphatic heterocycles. The molecule has 0 aromatic carbocycles. The second kappa shape index (κ2) is 6.82. The van der Waals surface area contributed by atoms with Crippen LogP contribution < -0.4 is 5.32 Å². The lowest BCUT2D eigenvalue weighted by Gasteiger charge is -2.45. The van der Waals surface area contributed by atoms with Crippen molar-refractivity contribution in [3.05, 3.63) is 0 Å². The van der Waals surface area contributed by atoms with Gasteiger partial charge in [-0.3, -0.25) is 4.90 Å². The van der Waals surface area contributed by atoms with Gasteiger partial charge in [0.1, 0.15) is 0 Å². The zero-order valence-corrected chi connectivity index (χ0v) is 14.1. The van der Waals surface area contributed by atoms with Gasteiger partial charge in [0.25, 0.3) is 0 Å². The van der Waals surface area contributed by atoms with Gasteiger partial charge >= 0.3 is 0 Å². The van der Waals surface area contributed by atoms with Gasteiger partial charge in [-0.1, -0.05) is 13.8 Å². The third kappa shape index (κ3) is 3.89. The normalized spacial score (nSPS) is 40.7. The van der Waals surface area contributed by atoms with Crippen molar-refractivity contribution in [3.8, 4) is 0 Å². The molecule has 0 amide bonds. The van der Waals surface area contributed by atoms with Crippen LogP contribution in [-0.2, 0) is 0 Å². The summed E-state index contributed by atoms with van der Waals surface area (Å²) >= 11 is 2.20. The highest BCUT2D eigenvalue weighted by atomic mass is 32.2. The molecule has 3 heteroatoms. The van der Waals surface area contributed by atoms with Crippen LogP contribution in [0.1, 0.15) is 53.4 Å². The molecular formula is C16H32N2S. The number of hydrogen-bond donors (Lipinski definition) is 1. The zero-order chi connectivity index (χ0) is 13.9. The quantitative estimate of drug-likeness (QED) is 0.833. The fraction of sp³-hybridized carbons (Fsp3) is 1.00. The van der Waals surface area contributed by atoms with E-state index in [1.54, 1.807) is 0 Å². The summed E-state index contributed by atoms with van der Waals surface area (Å²) < 4.78 is 0.525. The second-order valence-electron chi connectivity index (χ2n) is 6.82. The summed E-state index contributed by atoms with van der Waals surface area (Å²) in [4.78, 5) is 2.76. The third-order valence-corrected chi connectivity index (χ3v) is 6.72. The van der Waals surface area contributed by atoms with Gasteiger partial charge in [0.15, 0.2) is 0 Å². The molecular weight excluding hydrogens is 252 g/mol. The summed E-state index contributed by atoms with van der Waals surface area (Å²) in [6.45, 7) is 13.4. The fourth-order valence-electron chi connectivity index (χ4n) is 3.67. The van der Waals surface area contributed by atoms with Crippen LogP contribution in [0.3, 0.4) is 0 Å². The third-order valence-electron chi connectivity index (χ3n) is 5.19. The van der Waals surface area contributed by atoms with Crippen LogP contribution in [0.15, 0.2) is 0 Å². The average molecular weight is 285 g/mol. The van der Waals surface area contributed by atoms with Crippen molar-refractivity contribution in [1.82, 2.24) is 10.2 Å². The van der Waals surface area contributed by atoms with Crippen LogP contribution in [0.4, 0.5) is 0 Å². The number of nitrogens with one attached hydrogen (secondary N) is 1. The zero-order valence-electron chi connectivity index (χ0n) is 13.2. The molecule has 19 heavy (non-hydrogen) atoms. The van der Waals surface area contributed by atoms with E-state index >= 15 is 0 Å². The van der Waals surface area contributed by atoms with Crippen LogP contribution >= 0.6 is 11.8 Å². The first-order chi connectivity index (χ1) is 9.06. The maximum atomic E-state index is 3.74. The molecule has 0 saturated carbocycles.